The van der Waals surface area contributed by atoms with Gasteiger partial charge in [0.25, 0.3) is 0 Å². The molecular weight excluding hydrogens is 174 g/mol. The Morgan fingerprint density at radius 2 is 2.21 bits per heavy atom. The van der Waals surface area contributed by atoms with Crippen molar-refractivity contribution in [3.63, 3.8) is 0 Å². The molecule has 0 atom stereocenters. The van der Waals surface area contributed by atoms with Gasteiger partial charge in [-0.25, -0.2) is 0 Å². The number of hydrogen-bond donors (Lipinski definition) is 0. The van der Waals surface area contributed by atoms with E-state index in [1.807, 2.05) is 12.1 Å². The molecule has 1 saturated carbocycles. The molecule has 14 heavy (non-hydrogen) atoms. The summed E-state index contributed by atoms with van der Waals surface area (Å²) >= 11 is 0. The monoisotopic (exact) mass is 185 g/mol. The number of rotatable bonds is 3. The van der Waals surface area contributed by atoms with Gasteiger partial charge in [-0.15, -0.1) is 0 Å². The van der Waals surface area contributed by atoms with E-state index in [1.54, 1.807) is 6.07 Å². The number of carbonyl (C=O) groups excluding carboxylic acids is 1. The topological polar surface area (TPSA) is 40.9 Å². The Balaban J connectivity index is 2.36. The van der Waals surface area contributed by atoms with E-state index in [-0.39, 0.29) is 0 Å². The average molecular weight is 185 g/mol. The first-order valence-electron chi connectivity index (χ1n) is 4.81. The molecule has 0 bridgehead atoms. The van der Waals surface area contributed by atoms with Gasteiger partial charge in [0.15, 0.2) is 0 Å². The van der Waals surface area contributed by atoms with Crippen LogP contribution in [0.4, 0.5) is 0 Å². The first-order chi connectivity index (χ1) is 6.83. The quantitative estimate of drug-likeness (QED) is 0.677. The third kappa shape index (κ3) is 1.82. The molecule has 0 aliphatic heterocycles. The zero-order valence-electron chi connectivity index (χ0n) is 7.86. The van der Waals surface area contributed by atoms with E-state index in [4.69, 9.17) is 5.26 Å². The summed E-state index contributed by atoms with van der Waals surface area (Å²) < 4.78 is 0. The maximum Gasteiger partial charge on any atom is 0.124 e. The minimum Gasteiger partial charge on any atom is -0.303 e. The van der Waals surface area contributed by atoms with Crippen LogP contribution in [0.5, 0.6) is 0 Å². The summed E-state index contributed by atoms with van der Waals surface area (Å²) in [5.41, 5.74) is 2.85. The maximum atomic E-state index is 10.4. The Kier molecular flexibility index (Phi) is 2.32. The lowest BCUT2D eigenvalue weighted by Crippen LogP contribution is -1.91. The van der Waals surface area contributed by atoms with E-state index < -0.39 is 0 Å². The van der Waals surface area contributed by atoms with Crippen molar-refractivity contribution in [2.24, 2.45) is 0 Å². The van der Waals surface area contributed by atoms with E-state index >= 15 is 0 Å². The number of aldehydes is 1. The van der Waals surface area contributed by atoms with Gasteiger partial charge in [0.2, 0.25) is 0 Å². The van der Waals surface area contributed by atoms with Crippen molar-refractivity contribution in [3.05, 3.63) is 34.9 Å². The van der Waals surface area contributed by atoms with Crippen LogP contribution in [-0.2, 0) is 11.2 Å². The lowest BCUT2D eigenvalue weighted by atomic mass is 10.0. The van der Waals surface area contributed by atoms with E-state index in [2.05, 4.69) is 6.07 Å². The second kappa shape index (κ2) is 3.63. The van der Waals surface area contributed by atoms with Crippen molar-refractivity contribution in [2.45, 2.75) is 25.2 Å². The molecule has 0 unspecified atom stereocenters. The predicted octanol–water partition coefficient (Wildman–Crippen LogP) is 2.18. The zero-order valence-corrected chi connectivity index (χ0v) is 7.86. The Bertz CT molecular complexity index is 399. The molecule has 1 aliphatic rings. The molecule has 0 saturated heterocycles. The molecule has 1 aromatic rings. The summed E-state index contributed by atoms with van der Waals surface area (Å²) in [5, 5.41) is 8.82. The molecule has 2 rings (SSSR count). The average Bonchev–Trinajstić information content (AvgIpc) is 3.01. The van der Waals surface area contributed by atoms with Crippen LogP contribution in [0.25, 0.3) is 0 Å². The van der Waals surface area contributed by atoms with Gasteiger partial charge in [-0.05, 0) is 42.0 Å². The van der Waals surface area contributed by atoms with Crippen molar-refractivity contribution >= 4 is 6.29 Å². The standard InChI is InChI=1S/C12H11NO/c13-8-10-5-9(3-4-14)6-12(7-10)11-1-2-11/h4-7,11H,1-3H2. The van der Waals surface area contributed by atoms with Gasteiger partial charge in [-0.3, -0.25) is 0 Å². The highest BCUT2D eigenvalue weighted by atomic mass is 16.1. The van der Waals surface area contributed by atoms with Crippen molar-refractivity contribution in [1.82, 2.24) is 0 Å². The second-order valence-corrected chi connectivity index (χ2v) is 3.72. The fourth-order valence-electron chi connectivity index (χ4n) is 1.65. The highest BCUT2D eigenvalue weighted by Gasteiger charge is 2.23. The van der Waals surface area contributed by atoms with Gasteiger partial charge in [0.05, 0.1) is 11.6 Å². The van der Waals surface area contributed by atoms with Gasteiger partial charge in [-0.1, -0.05) is 6.07 Å². The highest BCUT2D eigenvalue weighted by molar-refractivity contribution is 5.56. The summed E-state index contributed by atoms with van der Waals surface area (Å²) in [6, 6.07) is 7.91. The molecule has 1 fully saturated rings. The maximum absolute atomic E-state index is 10.4. The second-order valence-electron chi connectivity index (χ2n) is 3.72. The lowest BCUT2D eigenvalue weighted by Gasteiger charge is -2.02. The predicted molar refractivity (Wildman–Crippen MR) is 52.9 cm³/mol. The Hall–Kier alpha value is -1.62. The van der Waals surface area contributed by atoms with Gasteiger partial charge >= 0.3 is 0 Å². The summed E-state index contributed by atoms with van der Waals surface area (Å²) in [7, 11) is 0. The summed E-state index contributed by atoms with van der Waals surface area (Å²) in [6.07, 6.45) is 3.73. The van der Waals surface area contributed by atoms with E-state index in [1.165, 1.54) is 18.4 Å². The fourth-order valence-corrected chi connectivity index (χ4v) is 1.65. The molecule has 0 amide bonds. The van der Waals surface area contributed by atoms with Crippen molar-refractivity contribution in [3.8, 4) is 6.07 Å². The van der Waals surface area contributed by atoms with Crippen molar-refractivity contribution < 1.29 is 4.79 Å². The molecule has 1 aliphatic carbocycles. The van der Waals surface area contributed by atoms with E-state index in [0.29, 0.717) is 17.9 Å². The first kappa shape index (κ1) is 8.96. The number of nitriles is 1. The van der Waals surface area contributed by atoms with E-state index in [9.17, 15) is 4.79 Å². The zero-order chi connectivity index (χ0) is 9.97. The van der Waals surface area contributed by atoms with Crippen LogP contribution in [0.3, 0.4) is 0 Å². The molecule has 1 aromatic carbocycles. The van der Waals surface area contributed by atoms with Crippen LogP contribution in [-0.4, -0.2) is 6.29 Å². The van der Waals surface area contributed by atoms with Crippen LogP contribution in [0.2, 0.25) is 0 Å². The van der Waals surface area contributed by atoms with Gasteiger partial charge in [0, 0.05) is 6.42 Å². The minimum absolute atomic E-state index is 0.412. The molecule has 2 heteroatoms. The van der Waals surface area contributed by atoms with Gasteiger partial charge < -0.3 is 4.79 Å². The van der Waals surface area contributed by atoms with Crippen LogP contribution in [0.1, 0.15) is 35.4 Å². The van der Waals surface area contributed by atoms with Gasteiger partial charge in [-0.2, -0.15) is 5.26 Å². The van der Waals surface area contributed by atoms with Crippen LogP contribution in [0.15, 0.2) is 18.2 Å². The molecule has 0 radical (unpaired) electrons. The van der Waals surface area contributed by atoms with E-state index in [0.717, 1.165) is 11.8 Å². The number of nitrogens with zero attached hydrogens (tertiary/aromatic N) is 1. The number of carbonyl (C=O) groups is 1. The number of hydrogen-bond acceptors (Lipinski definition) is 2. The fraction of sp³-hybridized carbons (Fsp3) is 0.333. The molecule has 0 heterocycles. The normalized spacial score (nSPS) is 14.8. The Labute approximate surface area is 83.2 Å². The third-order valence-corrected chi connectivity index (χ3v) is 2.51. The largest absolute Gasteiger partial charge is 0.303 e. The minimum atomic E-state index is 0.412. The highest BCUT2D eigenvalue weighted by Crippen LogP contribution is 2.40. The lowest BCUT2D eigenvalue weighted by molar-refractivity contribution is -0.107. The third-order valence-electron chi connectivity index (χ3n) is 2.51. The molecular formula is C12H11NO. The Morgan fingerprint density at radius 1 is 1.43 bits per heavy atom. The van der Waals surface area contributed by atoms with Crippen LogP contribution in [0, 0.1) is 11.3 Å². The molecule has 70 valence electrons. The molecule has 0 spiro atoms. The van der Waals surface area contributed by atoms with Crippen LogP contribution < -0.4 is 0 Å². The number of benzene rings is 1. The summed E-state index contributed by atoms with van der Waals surface area (Å²) in [5.74, 6) is 0.633. The SMILES string of the molecule is N#Cc1cc(CC=O)cc(C2CC2)c1. The van der Waals surface area contributed by atoms with Crippen molar-refractivity contribution in [2.75, 3.05) is 0 Å². The molecule has 2 nitrogen and oxygen atoms in total. The Morgan fingerprint density at radius 3 is 2.79 bits per heavy atom. The summed E-state index contributed by atoms with van der Waals surface area (Å²) in [4.78, 5) is 10.4. The molecule has 0 aromatic heterocycles. The molecule has 0 N–H and O–H groups in total. The van der Waals surface area contributed by atoms with Gasteiger partial charge in [0.1, 0.15) is 6.29 Å². The smallest absolute Gasteiger partial charge is 0.124 e. The van der Waals surface area contributed by atoms with Crippen molar-refractivity contribution in [1.29, 1.82) is 5.26 Å². The first-order valence-corrected chi connectivity index (χ1v) is 4.81. The van der Waals surface area contributed by atoms with Crippen LogP contribution >= 0.6 is 0 Å². The summed E-state index contributed by atoms with van der Waals surface area (Å²) in [6.45, 7) is 0.